The number of pyridine rings is 1. The molecule has 1 fully saturated rings. The van der Waals surface area contributed by atoms with Crippen LogP contribution in [0.25, 0.3) is 10.8 Å². The predicted molar refractivity (Wildman–Crippen MR) is 125 cm³/mol. The van der Waals surface area contributed by atoms with E-state index in [1.165, 1.54) is 6.07 Å². The highest BCUT2D eigenvalue weighted by Crippen LogP contribution is 2.33. The standard InChI is InChI=1S/C23H24ClN5O3/c1-16(23(30)26-14-17-4-2-3-5-20(17)24)27-10-12-28(13-11-27)21-6-7-22(29(31)32)19-15-25-9-8-18(19)21/h2-9,15-16H,10-14H2,1H3,(H,26,30)/t16-/m1/s1. The number of nitrogens with one attached hydrogen (secondary N) is 1. The number of rotatable bonds is 6. The van der Waals surface area contributed by atoms with E-state index in [2.05, 4.69) is 20.1 Å². The summed E-state index contributed by atoms with van der Waals surface area (Å²) in [6, 6.07) is 12.4. The first-order chi connectivity index (χ1) is 15.5. The van der Waals surface area contributed by atoms with E-state index < -0.39 is 0 Å². The summed E-state index contributed by atoms with van der Waals surface area (Å²) in [6.07, 6.45) is 3.19. The van der Waals surface area contributed by atoms with Crippen molar-refractivity contribution < 1.29 is 9.72 Å². The molecule has 3 aromatic rings. The fraction of sp³-hybridized carbons (Fsp3) is 0.304. The van der Waals surface area contributed by atoms with Crippen molar-refractivity contribution in [3.8, 4) is 0 Å². The lowest BCUT2D eigenvalue weighted by Gasteiger charge is -2.38. The number of piperazine rings is 1. The number of hydrogen-bond acceptors (Lipinski definition) is 6. The topological polar surface area (TPSA) is 91.6 Å². The Hall–Kier alpha value is -3.23. The molecule has 32 heavy (non-hydrogen) atoms. The maximum Gasteiger partial charge on any atom is 0.278 e. The van der Waals surface area contributed by atoms with E-state index >= 15 is 0 Å². The Bertz CT molecular complexity index is 1150. The number of aromatic nitrogens is 1. The van der Waals surface area contributed by atoms with Crippen molar-refractivity contribution in [3.63, 3.8) is 0 Å². The summed E-state index contributed by atoms with van der Waals surface area (Å²) in [7, 11) is 0. The second-order valence-electron chi connectivity index (χ2n) is 7.79. The van der Waals surface area contributed by atoms with Crippen molar-refractivity contribution in [3.05, 3.63) is 75.6 Å². The Labute approximate surface area is 190 Å². The SMILES string of the molecule is C[C@H](C(=O)NCc1ccccc1Cl)N1CCN(c2ccc([N+](=O)[O-])c3cnccc23)CC1. The smallest absolute Gasteiger partial charge is 0.278 e. The summed E-state index contributed by atoms with van der Waals surface area (Å²) in [5.41, 5.74) is 1.89. The molecule has 0 aliphatic carbocycles. The van der Waals surface area contributed by atoms with Crippen LogP contribution in [-0.2, 0) is 11.3 Å². The quantitative estimate of drug-likeness (QED) is 0.452. The lowest BCUT2D eigenvalue weighted by molar-refractivity contribution is -0.383. The van der Waals surface area contributed by atoms with Gasteiger partial charge in [0, 0.05) is 67.3 Å². The van der Waals surface area contributed by atoms with E-state index in [1.807, 2.05) is 37.3 Å². The molecule has 8 nitrogen and oxygen atoms in total. The first kappa shape index (κ1) is 22.0. The van der Waals surface area contributed by atoms with Gasteiger partial charge in [0.25, 0.3) is 5.69 Å². The molecular weight excluding hydrogens is 430 g/mol. The second kappa shape index (κ2) is 9.50. The lowest BCUT2D eigenvalue weighted by atomic mass is 10.1. The minimum Gasteiger partial charge on any atom is -0.368 e. The average Bonchev–Trinajstić information content (AvgIpc) is 2.82. The van der Waals surface area contributed by atoms with Crippen molar-refractivity contribution in [1.82, 2.24) is 15.2 Å². The van der Waals surface area contributed by atoms with Gasteiger partial charge in [0.2, 0.25) is 5.91 Å². The highest BCUT2D eigenvalue weighted by atomic mass is 35.5. The first-order valence-corrected chi connectivity index (χ1v) is 10.8. The van der Waals surface area contributed by atoms with Gasteiger partial charge in [0.1, 0.15) is 0 Å². The summed E-state index contributed by atoms with van der Waals surface area (Å²) in [5, 5.41) is 16.3. The van der Waals surface area contributed by atoms with Crippen LogP contribution in [0.4, 0.5) is 11.4 Å². The van der Waals surface area contributed by atoms with Crippen LogP contribution >= 0.6 is 11.6 Å². The van der Waals surface area contributed by atoms with Gasteiger partial charge in [-0.15, -0.1) is 0 Å². The molecular formula is C23H24ClN5O3. The van der Waals surface area contributed by atoms with Crippen LogP contribution in [-0.4, -0.2) is 52.9 Å². The lowest BCUT2D eigenvalue weighted by Crippen LogP contribution is -2.53. The number of carbonyl (C=O) groups excluding carboxylic acids is 1. The zero-order valence-electron chi connectivity index (χ0n) is 17.7. The summed E-state index contributed by atoms with van der Waals surface area (Å²) >= 11 is 6.17. The van der Waals surface area contributed by atoms with Gasteiger partial charge >= 0.3 is 0 Å². The number of hydrogen-bond donors (Lipinski definition) is 1. The summed E-state index contributed by atoms with van der Waals surface area (Å²) in [6.45, 7) is 5.17. The van der Waals surface area contributed by atoms with E-state index in [0.29, 0.717) is 30.0 Å². The van der Waals surface area contributed by atoms with E-state index in [9.17, 15) is 14.9 Å². The maximum absolute atomic E-state index is 12.7. The number of benzene rings is 2. The number of nitrogens with zero attached hydrogens (tertiary/aromatic N) is 4. The van der Waals surface area contributed by atoms with Gasteiger partial charge in [-0.1, -0.05) is 29.8 Å². The molecule has 0 saturated carbocycles. The van der Waals surface area contributed by atoms with Gasteiger partial charge in [-0.2, -0.15) is 0 Å². The first-order valence-electron chi connectivity index (χ1n) is 10.5. The van der Waals surface area contributed by atoms with Gasteiger partial charge in [-0.25, -0.2) is 0 Å². The van der Waals surface area contributed by atoms with Crippen LogP contribution in [0.1, 0.15) is 12.5 Å². The minimum atomic E-state index is -0.380. The molecule has 0 bridgehead atoms. The summed E-state index contributed by atoms with van der Waals surface area (Å²) in [5.74, 6) is -0.0368. The minimum absolute atomic E-state index is 0.0368. The molecule has 2 aromatic carbocycles. The molecule has 0 spiro atoms. The van der Waals surface area contributed by atoms with Crippen LogP contribution in [0.2, 0.25) is 5.02 Å². The molecule has 4 rings (SSSR count). The Morgan fingerprint density at radius 1 is 1.16 bits per heavy atom. The van der Waals surface area contributed by atoms with Gasteiger partial charge in [0.05, 0.1) is 16.4 Å². The molecule has 1 N–H and O–H groups in total. The summed E-state index contributed by atoms with van der Waals surface area (Å²) < 4.78 is 0. The fourth-order valence-corrected chi connectivity index (χ4v) is 4.28. The van der Waals surface area contributed by atoms with E-state index in [-0.39, 0.29) is 22.6 Å². The molecule has 1 aliphatic heterocycles. The summed E-state index contributed by atoms with van der Waals surface area (Å²) in [4.78, 5) is 32.1. The number of carbonyl (C=O) groups is 1. The number of halogens is 1. The number of amides is 1. The van der Waals surface area contributed by atoms with Crippen LogP contribution in [0.3, 0.4) is 0 Å². The number of nitro benzene ring substituents is 1. The van der Waals surface area contributed by atoms with Gasteiger partial charge in [-0.05, 0) is 30.7 Å². The Balaban J connectivity index is 1.40. The van der Waals surface area contributed by atoms with Crippen molar-refractivity contribution in [2.24, 2.45) is 0 Å². The van der Waals surface area contributed by atoms with Gasteiger partial charge in [-0.3, -0.25) is 24.8 Å². The Morgan fingerprint density at radius 2 is 1.91 bits per heavy atom. The fourth-order valence-electron chi connectivity index (χ4n) is 4.08. The van der Waals surface area contributed by atoms with Crippen molar-refractivity contribution in [1.29, 1.82) is 0 Å². The molecule has 0 unspecified atom stereocenters. The molecule has 166 valence electrons. The molecule has 0 radical (unpaired) electrons. The van der Waals surface area contributed by atoms with E-state index in [1.54, 1.807) is 18.5 Å². The third-order valence-corrected chi connectivity index (χ3v) is 6.33. The monoisotopic (exact) mass is 453 g/mol. The third-order valence-electron chi connectivity index (χ3n) is 5.96. The average molecular weight is 454 g/mol. The van der Waals surface area contributed by atoms with Crippen LogP contribution in [0.5, 0.6) is 0 Å². The normalized spacial score (nSPS) is 15.5. The van der Waals surface area contributed by atoms with Crippen molar-refractivity contribution in [2.45, 2.75) is 19.5 Å². The van der Waals surface area contributed by atoms with Crippen molar-refractivity contribution >= 4 is 39.7 Å². The molecule has 1 amide bonds. The highest BCUT2D eigenvalue weighted by Gasteiger charge is 2.27. The zero-order chi connectivity index (χ0) is 22.7. The third kappa shape index (κ3) is 4.51. The highest BCUT2D eigenvalue weighted by molar-refractivity contribution is 6.31. The molecule has 1 saturated heterocycles. The molecule has 1 aromatic heterocycles. The maximum atomic E-state index is 12.7. The second-order valence-corrected chi connectivity index (χ2v) is 8.20. The van der Waals surface area contributed by atoms with Crippen molar-refractivity contribution in [2.75, 3.05) is 31.1 Å². The van der Waals surface area contributed by atoms with Gasteiger partial charge < -0.3 is 10.2 Å². The van der Waals surface area contributed by atoms with Gasteiger partial charge in [0.15, 0.2) is 0 Å². The molecule has 2 heterocycles. The number of non-ortho nitro benzene ring substituents is 1. The number of anilines is 1. The van der Waals surface area contributed by atoms with Crippen LogP contribution < -0.4 is 10.2 Å². The Kier molecular flexibility index (Phi) is 6.53. The molecule has 9 heteroatoms. The van der Waals surface area contributed by atoms with Crippen LogP contribution in [0, 0.1) is 10.1 Å². The zero-order valence-corrected chi connectivity index (χ0v) is 18.5. The predicted octanol–water partition coefficient (Wildman–Crippen LogP) is 3.62. The number of fused-ring (bicyclic) bond motifs is 1. The Morgan fingerprint density at radius 3 is 2.62 bits per heavy atom. The van der Waals surface area contributed by atoms with Crippen LogP contribution in [0.15, 0.2) is 54.9 Å². The van der Waals surface area contributed by atoms with E-state index in [4.69, 9.17) is 11.6 Å². The largest absolute Gasteiger partial charge is 0.368 e. The number of nitro groups is 1. The van der Waals surface area contributed by atoms with E-state index in [0.717, 1.165) is 29.7 Å². The molecule has 1 aliphatic rings. The molecule has 1 atom stereocenters.